The highest BCUT2D eigenvalue weighted by Crippen LogP contribution is 2.15. The fourth-order valence-electron chi connectivity index (χ4n) is 2.15. The van der Waals surface area contributed by atoms with Crippen LogP contribution >= 0.6 is 0 Å². The van der Waals surface area contributed by atoms with E-state index in [1.807, 2.05) is 0 Å². The van der Waals surface area contributed by atoms with Gasteiger partial charge in [0.1, 0.15) is 6.61 Å². The van der Waals surface area contributed by atoms with Gasteiger partial charge in [0.25, 0.3) is 0 Å². The molecule has 5 nitrogen and oxygen atoms in total. The van der Waals surface area contributed by atoms with Gasteiger partial charge in [-0.05, 0) is 32.7 Å². The number of hydrogen-bond acceptors (Lipinski definition) is 4. The van der Waals surface area contributed by atoms with Gasteiger partial charge in [-0.2, -0.15) is 0 Å². The third kappa shape index (κ3) is 5.89. The first kappa shape index (κ1) is 14.3. The molecular formula is C12H24N2O3. The average Bonchev–Trinajstić information content (AvgIpc) is 2.34. The maximum Gasteiger partial charge on any atom is 0.407 e. The number of rotatable bonds is 6. The van der Waals surface area contributed by atoms with Gasteiger partial charge in [-0.1, -0.05) is 6.42 Å². The fourth-order valence-corrected chi connectivity index (χ4v) is 2.15. The Morgan fingerprint density at radius 1 is 1.53 bits per heavy atom. The number of nitrogens with one attached hydrogen (secondary N) is 1. The highest BCUT2D eigenvalue weighted by atomic mass is 16.6. The summed E-state index contributed by atoms with van der Waals surface area (Å²) in [6.07, 6.45) is 4.41. The molecule has 17 heavy (non-hydrogen) atoms. The number of amides is 1. The Morgan fingerprint density at radius 2 is 2.35 bits per heavy atom. The molecule has 1 saturated heterocycles. The van der Waals surface area contributed by atoms with Crippen molar-refractivity contribution in [3.8, 4) is 0 Å². The van der Waals surface area contributed by atoms with Crippen LogP contribution in [0.5, 0.6) is 0 Å². The average molecular weight is 244 g/mol. The zero-order valence-corrected chi connectivity index (χ0v) is 10.7. The number of hydrogen-bond donors (Lipinski definition) is 2. The van der Waals surface area contributed by atoms with E-state index in [1.165, 1.54) is 25.8 Å². The van der Waals surface area contributed by atoms with E-state index in [-0.39, 0.29) is 13.2 Å². The summed E-state index contributed by atoms with van der Waals surface area (Å²) >= 11 is 0. The molecule has 0 aromatic heterocycles. The van der Waals surface area contributed by atoms with Gasteiger partial charge in [-0.25, -0.2) is 4.79 Å². The molecule has 1 atom stereocenters. The summed E-state index contributed by atoms with van der Waals surface area (Å²) in [6.45, 7) is 5.04. The van der Waals surface area contributed by atoms with Crippen LogP contribution in [-0.2, 0) is 4.74 Å². The lowest BCUT2D eigenvalue weighted by Crippen LogP contribution is -2.39. The molecule has 1 fully saturated rings. The van der Waals surface area contributed by atoms with Crippen molar-refractivity contribution in [1.82, 2.24) is 10.2 Å². The van der Waals surface area contributed by atoms with Crippen molar-refractivity contribution in [2.75, 3.05) is 32.8 Å². The normalized spacial score (nSPS) is 21.2. The maximum absolute atomic E-state index is 11.1. The van der Waals surface area contributed by atoms with Crippen LogP contribution in [0.15, 0.2) is 0 Å². The second-order valence-corrected chi connectivity index (χ2v) is 4.52. The zero-order valence-electron chi connectivity index (χ0n) is 10.7. The van der Waals surface area contributed by atoms with Crippen molar-refractivity contribution in [3.63, 3.8) is 0 Å². The zero-order chi connectivity index (χ0) is 12.5. The molecule has 1 unspecified atom stereocenters. The molecule has 1 aliphatic rings. The lowest BCUT2D eigenvalue weighted by atomic mass is 10.0. The predicted octanol–water partition coefficient (Wildman–Crippen LogP) is 0.969. The Balaban J connectivity index is 2.01. The van der Waals surface area contributed by atoms with E-state index in [2.05, 4.69) is 17.1 Å². The van der Waals surface area contributed by atoms with Crippen LogP contribution in [-0.4, -0.2) is 55.0 Å². The van der Waals surface area contributed by atoms with Gasteiger partial charge < -0.3 is 20.1 Å². The highest BCUT2D eigenvalue weighted by molar-refractivity contribution is 5.66. The van der Waals surface area contributed by atoms with Gasteiger partial charge in [-0.15, -0.1) is 0 Å². The molecule has 0 aromatic rings. The summed E-state index contributed by atoms with van der Waals surface area (Å²) in [6, 6.07) is 0.671. The second-order valence-electron chi connectivity index (χ2n) is 4.52. The van der Waals surface area contributed by atoms with Gasteiger partial charge in [-0.3, -0.25) is 0 Å². The molecule has 2 N–H and O–H groups in total. The quantitative estimate of drug-likeness (QED) is 0.683. The van der Waals surface area contributed by atoms with E-state index in [0.29, 0.717) is 12.6 Å². The van der Waals surface area contributed by atoms with Crippen molar-refractivity contribution in [3.05, 3.63) is 0 Å². The van der Waals surface area contributed by atoms with Gasteiger partial charge in [0.05, 0.1) is 6.61 Å². The monoisotopic (exact) mass is 244 g/mol. The van der Waals surface area contributed by atoms with E-state index in [9.17, 15) is 4.79 Å². The van der Waals surface area contributed by atoms with E-state index in [1.54, 1.807) is 0 Å². The number of aliphatic hydroxyl groups is 1. The first-order valence-electron chi connectivity index (χ1n) is 6.49. The summed E-state index contributed by atoms with van der Waals surface area (Å²) in [5, 5.41) is 11.1. The molecule has 0 aromatic carbocycles. The number of likely N-dealkylation sites (tertiary alicyclic amines) is 1. The molecule has 0 aliphatic carbocycles. The molecule has 1 rings (SSSR count). The van der Waals surface area contributed by atoms with Gasteiger partial charge >= 0.3 is 6.09 Å². The maximum atomic E-state index is 11.1. The second kappa shape index (κ2) is 8.31. The summed E-state index contributed by atoms with van der Waals surface area (Å²) in [5.74, 6) is 0. The van der Waals surface area contributed by atoms with Crippen LogP contribution in [0.25, 0.3) is 0 Å². The number of nitrogens with zero attached hydrogens (tertiary/aromatic N) is 1. The molecular weight excluding hydrogens is 220 g/mol. The molecule has 0 bridgehead atoms. The van der Waals surface area contributed by atoms with Crippen molar-refractivity contribution >= 4 is 6.09 Å². The first-order valence-corrected chi connectivity index (χ1v) is 6.49. The van der Waals surface area contributed by atoms with Crippen molar-refractivity contribution in [2.45, 2.75) is 38.6 Å². The topological polar surface area (TPSA) is 61.8 Å². The van der Waals surface area contributed by atoms with Crippen LogP contribution in [0.2, 0.25) is 0 Å². The molecule has 0 radical (unpaired) electrons. The first-order chi connectivity index (χ1) is 8.24. The minimum absolute atomic E-state index is 0.0645. The van der Waals surface area contributed by atoms with Crippen molar-refractivity contribution < 1.29 is 14.6 Å². The van der Waals surface area contributed by atoms with Crippen LogP contribution in [0, 0.1) is 0 Å². The molecule has 100 valence electrons. The summed E-state index contributed by atoms with van der Waals surface area (Å²) < 4.78 is 4.69. The number of alkyl carbamates (subject to hydrolysis) is 1. The summed E-state index contributed by atoms with van der Waals surface area (Å²) in [7, 11) is 0. The number of carbonyl (C=O) groups is 1. The van der Waals surface area contributed by atoms with E-state index >= 15 is 0 Å². The Kier molecular flexibility index (Phi) is 6.96. The minimum atomic E-state index is -0.439. The van der Waals surface area contributed by atoms with Crippen molar-refractivity contribution in [2.24, 2.45) is 0 Å². The fraction of sp³-hybridized carbons (Fsp3) is 0.917. The Labute approximate surface area is 103 Å². The number of piperidine rings is 1. The Morgan fingerprint density at radius 3 is 3.06 bits per heavy atom. The minimum Gasteiger partial charge on any atom is -0.447 e. The van der Waals surface area contributed by atoms with E-state index in [4.69, 9.17) is 9.84 Å². The van der Waals surface area contributed by atoms with Crippen molar-refractivity contribution in [1.29, 1.82) is 0 Å². The molecule has 1 heterocycles. The Bertz CT molecular complexity index is 224. The van der Waals surface area contributed by atoms with Crippen LogP contribution in [0.3, 0.4) is 0 Å². The highest BCUT2D eigenvalue weighted by Gasteiger charge is 2.17. The molecule has 0 saturated carbocycles. The SMILES string of the molecule is CC1CCCCN1CCCNC(=O)OCCO. The summed E-state index contributed by atoms with van der Waals surface area (Å²) in [5.41, 5.74) is 0. The molecule has 1 amide bonds. The smallest absolute Gasteiger partial charge is 0.407 e. The van der Waals surface area contributed by atoms with Gasteiger partial charge in [0.2, 0.25) is 0 Å². The number of ether oxygens (including phenoxy) is 1. The van der Waals surface area contributed by atoms with Gasteiger partial charge in [0, 0.05) is 19.1 Å². The third-order valence-corrected chi connectivity index (χ3v) is 3.16. The molecule has 0 spiro atoms. The van der Waals surface area contributed by atoms with Crippen LogP contribution in [0.4, 0.5) is 4.79 Å². The van der Waals surface area contributed by atoms with E-state index < -0.39 is 6.09 Å². The van der Waals surface area contributed by atoms with Gasteiger partial charge in [0.15, 0.2) is 0 Å². The molecule has 5 heteroatoms. The lowest BCUT2D eigenvalue weighted by molar-refractivity contribution is 0.118. The molecule has 1 aliphatic heterocycles. The van der Waals surface area contributed by atoms with Crippen LogP contribution in [0.1, 0.15) is 32.6 Å². The standard InChI is InChI=1S/C12H24N2O3/c1-11-5-2-3-7-14(11)8-4-6-13-12(16)17-10-9-15/h11,15H,2-10H2,1H3,(H,13,16). The predicted molar refractivity (Wildman–Crippen MR) is 65.9 cm³/mol. The summed E-state index contributed by atoms with van der Waals surface area (Å²) in [4.78, 5) is 13.5. The van der Waals surface area contributed by atoms with Crippen LogP contribution < -0.4 is 5.32 Å². The lowest BCUT2D eigenvalue weighted by Gasteiger charge is -2.33. The third-order valence-electron chi connectivity index (χ3n) is 3.16. The number of carbonyl (C=O) groups excluding carboxylic acids is 1. The van der Waals surface area contributed by atoms with E-state index in [0.717, 1.165) is 13.0 Å². The number of aliphatic hydroxyl groups excluding tert-OH is 1. The Hall–Kier alpha value is -0.810. The largest absolute Gasteiger partial charge is 0.447 e.